The zero-order chi connectivity index (χ0) is 17.5. The predicted octanol–water partition coefficient (Wildman–Crippen LogP) is 4.30. The second-order valence-electron chi connectivity index (χ2n) is 6.50. The highest BCUT2D eigenvalue weighted by molar-refractivity contribution is 5.85. The van der Waals surface area contributed by atoms with Gasteiger partial charge in [-0.1, -0.05) is 36.4 Å². The van der Waals surface area contributed by atoms with Gasteiger partial charge in [0.2, 0.25) is 0 Å². The van der Waals surface area contributed by atoms with Gasteiger partial charge in [-0.2, -0.15) is 0 Å². The van der Waals surface area contributed by atoms with E-state index < -0.39 is 0 Å². The number of nitrogens with one attached hydrogen (secondary N) is 2. The molecule has 0 spiro atoms. The van der Waals surface area contributed by atoms with E-state index in [-0.39, 0.29) is 24.8 Å². The summed E-state index contributed by atoms with van der Waals surface area (Å²) in [5.74, 6) is 3.62. The van der Waals surface area contributed by atoms with Gasteiger partial charge in [0.1, 0.15) is 5.75 Å². The van der Waals surface area contributed by atoms with Crippen molar-refractivity contribution in [2.45, 2.75) is 37.9 Å². The lowest BCUT2D eigenvalue weighted by Crippen LogP contribution is -2.45. The van der Waals surface area contributed by atoms with Gasteiger partial charge in [0.15, 0.2) is 0 Å². The highest BCUT2D eigenvalue weighted by atomic mass is 35.5. The summed E-state index contributed by atoms with van der Waals surface area (Å²) < 4.78 is 5.52. The summed E-state index contributed by atoms with van der Waals surface area (Å²) in [5, 5.41) is 7.40. The first-order valence-corrected chi connectivity index (χ1v) is 8.93. The fourth-order valence-corrected chi connectivity index (χ4v) is 3.56. The zero-order valence-corrected chi connectivity index (χ0v) is 17.2. The average molecular weight is 407 g/mol. The molecule has 0 unspecified atom stereocenters. The first-order chi connectivity index (χ1) is 12.3. The molecule has 0 saturated carbocycles. The minimum atomic E-state index is 0. The molecule has 2 atom stereocenters. The Hall–Kier alpha value is -1.70. The molecule has 1 saturated heterocycles. The summed E-state index contributed by atoms with van der Waals surface area (Å²) in [5.41, 5.74) is 3.65. The van der Waals surface area contributed by atoms with E-state index in [1.54, 1.807) is 7.11 Å². The van der Waals surface area contributed by atoms with Gasteiger partial charge >= 0.3 is 0 Å². The Morgan fingerprint density at radius 1 is 1.19 bits per heavy atom. The van der Waals surface area contributed by atoms with Gasteiger partial charge in [-0.25, -0.2) is 0 Å². The first-order valence-electron chi connectivity index (χ1n) is 8.93. The minimum Gasteiger partial charge on any atom is -0.496 e. The van der Waals surface area contributed by atoms with E-state index in [4.69, 9.17) is 11.2 Å². The molecule has 0 radical (unpaired) electrons. The molecule has 27 heavy (non-hydrogen) atoms. The summed E-state index contributed by atoms with van der Waals surface area (Å²) >= 11 is 0. The van der Waals surface area contributed by atoms with Crippen molar-refractivity contribution in [2.24, 2.45) is 0 Å². The van der Waals surface area contributed by atoms with Crippen molar-refractivity contribution in [3.05, 3.63) is 65.2 Å². The van der Waals surface area contributed by atoms with Crippen molar-refractivity contribution in [1.29, 1.82) is 0 Å². The molecular weight excluding hydrogens is 379 g/mol. The van der Waals surface area contributed by atoms with E-state index in [2.05, 4.69) is 53.0 Å². The molecule has 3 nitrogen and oxygen atoms in total. The van der Waals surface area contributed by atoms with Gasteiger partial charge in [-0.3, -0.25) is 0 Å². The van der Waals surface area contributed by atoms with Crippen LogP contribution in [-0.4, -0.2) is 19.7 Å². The Labute approximate surface area is 175 Å². The molecule has 1 heterocycles. The lowest BCUT2D eigenvalue weighted by Gasteiger charge is -2.34. The van der Waals surface area contributed by atoms with Crippen LogP contribution in [0.2, 0.25) is 0 Å². The molecule has 1 aliphatic rings. The zero-order valence-electron chi connectivity index (χ0n) is 15.6. The Balaban J connectivity index is 0.00000182. The minimum absolute atomic E-state index is 0. The number of halogens is 2. The first kappa shape index (κ1) is 23.3. The summed E-state index contributed by atoms with van der Waals surface area (Å²) in [6.07, 6.45) is 8.45. The topological polar surface area (TPSA) is 33.3 Å². The maximum atomic E-state index is 5.52. The second kappa shape index (κ2) is 11.9. The van der Waals surface area contributed by atoms with Gasteiger partial charge in [0.25, 0.3) is 0 Å². The molecule has 146 valence electrons. The average Bonchev–Trinajstić information content (AvgIpc) is 2.68. The van der Waals surface area contributed by atoms with Crippen molar-refractivity contribution in [2.75, 3.05) is 13.7 Å². The molecule has 1 fully saturated rings. The third-order valence-corrected chi connectivity index (χ3v) is 4.82. The number of ether oxygens (including phenoxy) is 1. The number of hydrogen-bond acceptors (Lipinski definition) is 3. The Bertz CT molecular complexity index is 731. The van der Waals surface area contributed by atoms with Gasteiger partial charge in [0.05, 0.1) is 7.11 Å². The maximum absolute atomic E-state index is 5.52. The SMILES string of the molecule is C#CCc1ccc(OC)c(CN[C@H]2CCCN[C@H]2c2ccccc2)c1.Cl.Cl. The Morgan fingerprint density at radius 2 is 1.96 bits per heavy atom. The quantitative estimate of drug-likeness (QED) is 0.701. The van der Waals surface area contributed by atoms with E-state index in [0.717, 1.165) is 30.0 Å². The van der Waals surface area contributed by atoms with Crippen LogP contribution in [0.3, 0.4) is 0 Å². The third kappa shape index (κ3) is 6.16. The van der Waals surface area contributed by atoms with Crippen LogP contribution >= 0.6 is 24.8 Å². The molecule has 5 heteroatoms. The third-order valence-electron chi connectivity index (χ3n) is 4.82. The summed E-state index contributed by atoms with van der Waals surface area (Å²) in [7, 11) is 1.72. The molecule has 0 bridgehead atoms. The highest BCUT2D eigenvalue weighted by Gasteiger charge is 2.25. The number of rotatable bonds is 6. The summed E-state index contributed by atoms with van der Waals surface area (Å²) in [6.45, 7) is 1.84. The lowest BCUT2D eigenvalue weighted by atomic mass is 9.92. The Kier molecular flexibility index (Phi) is 10.3. The molecule has 3 rings (SSSR count). The van der Waals surface area contributed by atoms with Crippen LogP contribution in [0.15, 0.2) is 48.5 Å². The summed E-state index contributed by atoms with van der Waals surface area (Å²) in [6, 6.07) is 17.6. The fourth-order valence-electron chi connectivity index (χ4n) is 3.56. The van der Waals surface area contributed by atoms with E-state index in [0.29, 0.717) is 18.5 Å². The van der Waals surface area contributed by atoms with Crippen molar-refractivity contribution in [3.8, 4) is 18.1 Å². The van der Waals surface area contributed by atoms with E-state index in [1.165, 1.54) is 18.4 Å². The molecule has 0 amide bonds. The number of methoxy groups -OCH3 is 1. The van der Waals surface area contributed by atoms with Crippen LogP contribution in [0.1, 0.15) is 35.6 Å². The molecule has 0 aliphatic carbocycles. The fraction of sp³-hybridized carbons (Fsp3) is 0.364. The number of terminal acetylenes is 1. The predicted molar refractivity (Wildman–Crippen MR) is 117 cm³/mol. The van der Waals surface area contributed by atoms with E-state index >= 15 is 0 Å². The standard InChI is InChI=1S/C22H26N2O.2ClH/c1-3-8-17-12-13-21(25-2)19(15-17)16-24-20-11-7-14-23-22(20)18-9-5-4-6-10-18;;/h1,4-6,9-10,12-13,15,20,22-24H,7-8,11,14,16H2,2H3;2*1H/t20-,22-;;/m0../s1. The van der Waals surface area contributed by atoms with Crippen molar-refractivity contribution < 1.29 is 4.74 Å². The smallest absolute Gasteiger partial charge is 0.123 e. The van der Waals surface area contributed by atoms with Crippen LogP contribution in [-0.2, 0) is 13.0 Å². The molecule has 2 aromatic carbocycles. The van der Waals surface area contributed by atoms with Crippen LogP contribution in [0.5, 0.6) is 5.75 Å². The van der Waals surface area contributed by atoms with Crippen molar-refractivity contribution in [1.82, 2.24) is 10.6 Å². The number of benzene rings is 2. The maximum Gasteiger partial charge on any atom is 0.123 e. The molecule has 0 aromatic heterocycles. The van der Waals surface area contributed by atoms with Crippen LogP contribution in [0, 0.1) is 12.3 Å². The van der Waals surface area contributed by atoms with Crippen LogP contribution in [0.25, 0.3) is 0 Å². The number of piperidine rings is 1. The van der Waals surface area contributed by atoms with Gasteiger partial charge in [-0.05, 0) is 42.6 Å². The van der Waals surface area contributed by atoms with E-state index in [1.807, 2.05) is 12.1 Å². The molecule has 2 N–H and O–H groups in total. The largest absolute Gasteiger partial charge is 0.496 e. The van der Waals surface area contributed by atoms with E-state index in [9.17, 15) is 0 Å². The second-order valence-corrected chi connectivity index (χ2v) is 6.50. The molecular formula is C22H28Cl2N2O. The monoisotopic (exact) mass is 406 g/mol. The lowest BCUT2D eigenvalue weighted by molar-refractivity contribution is 0.303. The highest BCUT2D eigenvalue weighted by Crippen LogP contribution is 2.25. The normalized spacial score (nSPS) is 18.5. The molecule has 1 aliphatic heterocycles. The van der Waals surface area contributed by atoms with Gasteiger partial charge < -0.3 is 15.4 Å². The summed E-state index contributed by atoms with van der Waals surface area (Å²) in [4.78, 5) is 0. The Morgan fingerprint density at radius 3 is 2.67 bits per heavy atom. The van der Waals surface area contributed by atoms with Gasteiger partial charge in [-0.15, -0.1) is 37.2 Å². The van der Waals surface area contributed by atoms with Crippen LogP contribution in [0.4, 0.5) is 0 Å². The molecule has 2 aromatic rings. The van der Waals surface area contributed by atoms with Crippen molar-refractivity contribution in [3.63, 3.8) is 0 Å². The van der Waals surface area contributed by atoms with Gasteiger partial charge in [0, 0.05) is 30.6 Å². The van der Waals surface area contributed by atoms with Crippen molar-refractivity contribution >= 4 is 24.8 Å². The van der Waals surface area contributed by atoms with Crippen LogP contribution < -0.4 is 15.4 Å². The number of hydrogen-bond donors (Lipinski definition) is 2.